The van der Waals surface area contributed by atoms with Crippen LogP contribution in [-0.2, 0) is 22.3 Å². The summed E-state index contributed by atoms with van der Waals surface area (Å²) in [5.41, 5.74) is 1.25. The van der Waals surface area contributed by atoms with E-state index in [0.717, 1.165) is 37.6 Å². The maximum atomic E-state index is 11.8. The van der Waals surface area contributed by atoms with Crippen molar-refractivity contribution in [2.45, 2.75) is 33.1 Å². The van der Waals surface area contributed by atoms with E-state index in [1.165, 1.54) is 0 Å². The highest BCUT2D eigenvalue weighted by Gasteiger charge is 2.19. The quantitative estimate of drug-likeness (QED) is 0.759. The fourth-order valence-electron chi connectivity index (χ4n) is 2.21. The van der Waals surface area contributed by atoms with Gasteiger partial charge in [-0.1, -0.05) is 6.92 Å². The third kappa shape index (κ3) is 3.50. The highest BCUT2D eigenvalue weighted by molar-refractivity contribution is 5.90. The van der Waals surface area contributed by atoms with Gasteiger partial charge in [0.1, 0.15) is 5.82 Å². The van der Waals surface area contributed by atoms with Gasteiger partial charge in [-0.15, -0.1) is 0 Å². The Morgan fingerprint density at radius 2 is 2.37 bits per heavy atom. The van der Waals surface area contributed by atoms with Crippen LogP contribution in [0.25, 0.3) is 0 Å². The molecule has 19 heavy (non-hydrogen) atoms. The lowest BCUT2D eigenvalue weighted by Gasteiger charge is -2.10. The summed E-state index contributed by atoms with van der Waals surface area (Å²) >= 11 is 0. The molecule has 0 aliphatic carbocycles. The van der Waals surface area contributed by atoms with E-state index in [1.807, 2.05) is 6.92 Å². The molecule has 0 spiro atoms. The second-order valence-electron chi connectivity index (χ2n) is 4.65. The zero-order valence-electron chi connectivity index (χ0n) is 11.5. The van der Waals surface area contributed by atoms with Crippen LogP contribution in [0.1, 0.15) is 42.1 Å². The van der Waals surface area contributed by atoms with E-state index in [0.29, 0.717) is 24.5 Å². The minimum atomic E-state index is -0.338. The highest BCUT2D eigenvalue weighted by Crippen LogP contribution is 2.17. The van der Waals surface area contributed by atoms with Gasteiger partial charge >= 0.3 is 5.97 Å². The number of hydrogen-bond donors (Lipinski definition) is 0. The molecule has 0 radical (unpaired) electrons. The van der Waals surface area contributed by atoms with Crippen molar-refractivity contribution in [3.05, 3.63) is 23.3 Å². The molecule has 104 valence electrons. The number of aryl methyl sites for hydroxylation is 1. The zero-order chi connectivity index (χ0) is 13.7. The molecule has 0 amide bonds. The monoisotopic (exact) mass is 264 g/mol. The number of carbonyl (C=O) groups is 1. The van der Waals surface area contributed by atoms with Crippen molar-refractivity contribution in [2.75, 3.05) is 19.8 Å². The molecule has 1 aromatic rings. The average molecular weight is 264 g/mol. The minimum Gasteiger partial charge on any atom is -0.462 e. The summed E-state index contributed by atoms with van der Waals surface area (Å²) in [5.74, 6) is 0.952. The van der Waals surface area contributed by atoms with Crippen LogP contribution in [0.3, 0.4) is 0 Å². The first-order valence-electron chi connectivity index (χ1n) is 6.84. The molecule has 1 aliphatic heterocycles. The first-order valence-corrected chi connectivity index (χ1v) is 6.84. The average Bonchev–Trinajstić information content (AvgIpc) is 2.91. The lowest BCUT2D eigenvalue weighted by molar-refractivity contribution is 0.0524. The Labute approximate surface area is 113 Å². The molecule has 0 saturated carbocycles. The maximum Gasteiger partial charge on any atom is 0.341 e. The molecule has 1 atom stereocenters. The number of esters is 1. The van der Waals surface area contributed by atoms with Crippen LogP contribution in [0, 0.1) is 5.92 Å². The standard InChI is InChI=1S/C14H20N2O3/c1-3-12-11(14(17)19-4-2)8-15-13(16-12)7-10-5-6-18-9-10/h8,10H,3-7,9H2,1-2H3. The van der Waals surface area contributed by atoms with Crippen LogP contribution in [-0.4, -0.2) is 35.8 Å². The van der Waals surface area contributed by atoms with Crippen molar-refractivity contribution in [3.8, 4) is 0 Å². The Morgan fingerprint density at radius 3 is 3.00 bits per heavy atom. The Hall–Kier alpha value is -1.49. The van der Waals surface area contributed by atoms with E-state index in [1.54, 1.807) is 13.1 Å². The predicted octanol–water partition coefficient (Wildman–Crippen LogP) is 1.79. The predicted molar refractivity (Wildman–Crippen MR) is 70.0 cm³/mol. The number of carbonyl (C=O) groups excluding carboxylic acids is 1. The van der Waals surface area contributed by atoms with E-state index in [2.05, 4.69) is 9.97 Å². The first-order chi connectivity index (χ1) is 9.24. The second kappa shape index (κ2) is 6.61. The number of rotatable bonds is 5. The smallest absolute Gasteiger partial charge is 0.341 e. The molecule has 1 aromatic heterocycles. The number of ether oxygens (including phenoxy) is 2. The van der Waals surface area contributed by atoms with Crippen molar-refractivity contribution in [2.24, 2.45) is 5.92 Å². The van der Waals surface area contributed by atoms with Gasteiger partial charge < -0.3 is 9.47 Å². The van der Waals surface area contributed by atoms with Crippen molar-refractivity contribution < 1.29 is 14.3 Å². The molecule has 1 aliphatic rings. The third-order valence-electron chi connectivity index (χ3n) is 3.24. The van der Waals surface area contributed by atoms with E-state index in [-0.39, 0.29) is 5.97 Å². The van der Waals surface area contributed by atoms with Gasteiger partial charge in [0.25, 0.3) is 0 Å². The number of nitrogens with zero attached hydrogens (tertiary/aromatic N) is 2. The summed E-state index contributed by atoms with van der Waals surface area (Å²) in [5, 5.41) is 0. The van der Waals surface area contributed by atoms with Crippen LogP contribution in [0.5, 0.6) is 0 Å². The van der Waals surface area contributed by atoms with Crippen LogP contribution in [0.4, 0.5) is 0 Å². The molecule has 1 fully saturated rings. The van der Waals surface area contributed by atoms with E-state index in [9.17, 15) is 4.79 Å². The van der Waals surface area contributed by atoms with Gasteiger partial charge in [0.2, 0.25) is 0 Å². The van der Waals surface area contributed by atoms with Crippen molar-refractivity contribution in [1.82, 2.24) is 9.97 Å². The third-order valence-corrected chi connectivity index (χ3v) is 3.24. The summed E-state index contributed by atoms with van der Waals surface area (Å²) in [4.78, 5) is 20.5. The Bertz CT molecular complexity index is 442. The maximum absolute atomic E-state index is 11.8. The summed E-state index contributed by atoms with van der Waals surface area (Å²) in [6.07, 6.45) is 4.17. The van der Waals surface area contributed by atoms with Gasteiger partial charge in [-0.05, 0) is 25.7 Å². The first kappa shape index (κ1) is 13.9. The molecule has 0 bridgehead atoms. The van der Waals surface area contributed by atoms with E-state index < -0.39 is 0 Å². The van der Waals surface area contributed by atoms with Crippen molar-refractivity contribution in [1.29, 1.82) is 0 Å². The normalized spacial score (nSPS) is 18.5. The minimum absolute atomic E-state index is 0.338. The van der Waals surface area contributed by atoms with Gasteiger partial charge in [0.05, 0.1) is 17.9 Å². The molecule has 1 unspecified atom stereocenters. The van der Waals surface area contributed by atoms with Gasteiger partial charge in [0.15, 0.2) is 0 Å². The zero-order valence-corrected chi connectivity index (χ0v) is 11.5. The highest BCUT2D eigenvalue weighted by atomic mass is 16.5. The van der Waals surface area contributed by atoms with E-state index >= 15 is 0 Å². The molecule has 5 nitrogen and oxygen atoms in total. The lowest BCUT2D eigenvalue weighted by Crippen LogP contribution is -2.14. The number of aromatic nitrogens is 2. The fourth-order valence-corrected chi connectivity index (χ4v) is 2.21. The Kier molecular flexibility index (Phi) is 4.85. The lowest BCUT2D eigenvalue weighted by atomic mass is 10.0. The topological polar surface area (TPSA) is 61.3 Å². The summed E-state index contributed by atoms with van der Waals surface area (Å²) in [6.45, 7) is 5.74. The van der Waals surface area contributed by atoms with Gasteiger partial charge in [0, 0.05) is 25.8 Å². The summed E-state index contributed by atoms with van der Waals surface area (Å²) < 4.78 is 10.4. The van der Waals surface area contributed by atoms with Gasteiger partial charge in [-0.2, -0.15) is 0 Å². The molecule has 1 saturated heterocycles. The van der Waals surface area contributed by atoms with E-state index in [4.69, 9.17) is 9.47 Å². The second-order valence-corrected chi connectivity index (χ2v) is 4.65. The molecule has 2 heterocycles. The van der Waals surface area contributed by atoms with Crippen LogP contribution < -0.4 is 0 Å². The van der Waals surface area contributed by atoms with Gasteiger partial charge in [-0.3, -0.25) is 0 Å². The largest absolute Gasteiger partial charge is 0.462 e. The van der Waals surface area contributed by atoms with Crippen LogP contribution in [0.15, 0.2) is 6.20 Å². The SMILES string of the molecule is CCOC(=O)c1cnc(CC2CCOC2)nc1CC. The van der Waals surface area contributed by atoms with Crippen molar-refractivity contribution >= 4 is 5.97 Å². The Balaban J connectivity index is 2.12. The molecular weight excluding hydrogens is 244 g/mol. The molecule has 5 heteroatoms. The summed E-state index contributed by atoms with van der Waals surface area (Å²) in [6, 6.07) is 0. The molecule has 2 rings (SSSR count). The van der Waals surface area contributed by atoms with Crippen molar-refractivity contribution in [3.63, 3.8) is 0 Å². The fraction of sp³-hybridized carbons (Fsp3) is 0.643. The van der Waals surface area contributed by atoms with Gasteiger partial charge in [-0.25, -0.2) is 14.8 Å². The van der Waals surface area contributed by atoms with Crippen LogP contribution in [0.2, 0.25) is 0 Å². The van der Waals surface area contributed by atoms with Crippen LogP contribution >= 0.6 is 0 Å². The molecular formula is C14H20N2O3. The number of hydrogen-bond acceptors (Lipinski definition) is 5. The summed E-state index contributed by atoms with van der Waals surface area (Å²) in [7, 11) is 0. The molecule has 0 aromatic carbocycles. The Morgan fingerprint density at radius 1 is 1.53 bits per heavy atom. The molecule has 0 N–H and O–H groups in total.